The van der Waals surface area contributed by atoms with Gasteiger partial charge in [0.05, 0.1) is 0 Å². The van der Waals surface area contributed by atoms with Crippen molar-refractivity contribution in [3.05, 3.63) is 30.5 Å². The fourth-order valence-corrected chi connectivity index (χ4v) is 2.26. The predicted molar refractivity (Wildman–Crippen MR) is 76.4 cm³/mol. The van der Waals surface area contributed by atoms with Crippen LogP contribution in [-0.4, -0.2) is 22.0 Å². The van der Waals surface area contributed by atoms with Gasteiger partial charge in [0, 0.05) is 23.5 Å². The maximum absolute atomic E-state index is 9.57. The summed E-state index contributed by atoms with van der Waals surface area (Å²) in [6.07, 6.45) is 1.76. The Kier molecular flexibility index (Phi) is 3.92. The molecule has 0 spiro atoms. The van der Waals surface area contributed by atoms with Gasteiger partial charge in [0.25, 0.3) is 0 Å². The van der Waals surface area contributed by atoms with E-state index in [1.807, 2.05) is 12.1 Å². The molecular formula is C14H17ClN2O. The number of benzene rings is 1. The number of aromatic nitrogens is 1. The van der Waals surface area contributed by atoms with Gasteiger partial charge in [0.2, 0.25) is 0 Å². The van der Waals surface area contributed by atoms with Crippen LogP contribution < -0.4 is 5.32 Å². The number of anilines is 1. The molecule has 1 heterocycles. The molecule has 0 aliphatic carbocycles. The highest BCUT2D eigenvalue weighted by molar-refractivity contribution is 6.18. The van der Waals surface area contributed by atoms with Crippen LogP contribution >= 0.6 is 11.6 Å². The van der Waals surface area contributed by atoms with Gasteiger partial charge in [-0.05, 0) is 29.5 Å². The highest BCUT2D eigenvalue weighted by Crippen LogP contribution is 2.26. The van der Waals surface area contributed by atoms with Crippen molar-refractivity contribution in [2.75, 3.05) is 11.2 Å². The van der Waals surface area contributed by atoms with E-state index in [1.54, 1.807) is 18.3 Å². The smallest absolute Gasteiger partial charge is 0.134 e. The summed E-state index contributed by atoms with van der Waals surface area (Å²) in [7, 11) is 0. The van der Waals surface area contributed by atoms with Crippen molar-refractivity contribution in [3.63, 3.8) is 0 Å². The van der Waals surface area contributed by atoms with E-state index < -0.39 is 0 Å². The van der Waals surface area contributed by atoms with Crippen LogP contribution in [0.25, 0.3) is 10.8 Å². The topological polar surface area (TPSA) is 45.2 Å². The van der Waals surface area contributed by atoms with Crippen LogP contribution in [-0.2, 0) is 0 Å². The number of halogens is 1. The molecule has 4 heteroatoms. The van der Waals surface area contributed by atoms with E-state index in [-0.39, 0.29) is 11.8 Å². The second-order valence-corrected chi connectivity index (χ2v) is 5.02. The summed E-state index contributed by atoms with van der Waals surface area (Å²) >= 11 is 5.96. The van der Waals surface area contributed by atoms with E-state index in [1.165, 1.54) is 0 Å². The third kappa shape index (κ3) is 2.67. The highest BCUT2D eigenvalue weighted by Gasteiger charge is 2.13. The molecule has 2 rings (SSSR count). The van der Waals surface area contributed by atoms with E-state index in [4.69, 9.17) is 11.6 Å². The Balaban J connectivity index is 2.41. The SMILES string of the molecule is CC(C)C(CCl)Nc1nccc2ccc(O)cc12. The fourth-order valence-electron chi connectivity index (χ4n) is 1.83. The van der Waals surface area contributed by atoms with Crippen molar-refractivity contribution in [3.8, 4) is 5.75 Å². The second kappa shape index (κ2) is 5.44. The normalized spacial score (nSPS) is 12.9. The molecule has 2 N–H and O–H groups in total. The first-order chi connectivity index (χ1) is 8.61. The molecule has 1 unspecified atom stereocenters. The average Bonchev–Trinajstić information content (AvgIpc) is 2.35. The zero-order valence-corrected chi connectivity index (χ0v) is 11.3. The molecule has 0 aliphatic heterocycles. The van der Waals surface area contributed by atoms with Crippen LogP contribution in [0, 0.1) is 5.92 Å². The molecule has 0 fully saturated rings. The van der Waals surface area contributed by atoms with Gasteiger partial charge in [-0.2, -0.15) is 0 Å². The standard InChI is InChI=1S/C14H17ClN2O/c1-9(2)13(8-15)17-14-12-7-11(18)4-3-10(12)5-6-16-14/h3-7,9,13,18H,8H2,1-2H3,(H,16,17). The maximum atomic E-state index is 9.57. The number of hydrogen-bond donors (Lipinski definition) is 2. The van der Waals surface area contributed by atoms with Gasteiger partial charge in [0.1, 0.15) is 11.6 Å². The third-order valence-electron chi connectivity index (χ3n) is 3.04. The summed E-state index contributed by atoms with van der Waals surface area (Å²) in [4.78, 5) is 4.34. The summed E-state index contributed by atoms with van der Waals surface area (Å²) in [5, 5.41) is 14.9. The van der Waals surface area contributed by atoms with Crippen LogP contribution in [0.15, 0.2) is 30.5 Å². The number of alkyl halides is 1. The maximum Gasteiger partial charge on any atom is 0.134 e. The number of nitrogens with one attached hydrogen (secondary N) is 1. The Morgan fingerprint density at radius 1 is 1.33 bits per heavy atom. The minimum atomic E-state index is 0.159. The molecule has 0 amide bonds. The van der Waals surface area contributed by atoms with Gasteiger partial charge in [0.15, 0.2) is 0 Å². The summed E-state index contributed by atoms with van der Waals surface area (Å²) in [5.74, 6) is 1.94. The zero-order valence-electron chi connectivity index (χ0n) is 10.5. The predicted octanol–water partition coefficient (Wildman–Crippen LogP) is 3.62. The van der Waals surface area contributed by atoms with Crippen LogP contribution in [0.4, 0.5) is 5.82 Å². The summed E-state index contributed by atoms with van der Waals surface area (Å²) < 4.78 is 0. The molecule has 0 aliphatic rings. The molecular weight excluding hydrogens is 248 g/mol. The quantitative estimate of drug-likeness (QED) is 0.829. The molecule has 0 saturated heterocycles. The van der Waals surface area contributed by atoms with E-state index >= 15 is 0 Å². The van der Waals surface area contributed by atoms with Crippen molar-refractivity contribution >= 4 is 28.2 Å². The molecule has 0 bridgehead atoms. The summed E-state index contributed by atoms with van der Waals surface area (Å²) in [6, 6.07) is 7.35. The Morgan fingerprint density at radius 2 is 2.11 bits per heavy atom. The lowest BCUT2D eigenvalue weighted by Gasteiger charge is -2.21. The Morgan fingerprint density at radius 3 is 2.78 bits per heavy atom. The van der Waals surface area contributed by atoms with Crippen LogP contribution in [0.1, 0.15) is 13.8 Å². The van der Waals surface area contributed by atoms with Crippen molar-refractivity contribution in [1.29, 1.82) is 0 Å². The van der Waals surface area contributed by atoms with Crippen molar-refractivity contribution in [2.24, 2.45) is 5.92 Å². The minimum Gasteiger partial charge on any atom is -0.508 e. The lowest BCUT2D eigenvalue weighted by atomic mass is 10.1. The van der Waals surface area contributed by atoms with Gasteiger partial charge in [-0.3, -0.25) is 0 Å². The second-order valence-electron chi connectivity index (χ2n) is 4.71. The van der Waals surface area contributed by atoms with E-state index in [0.29, 0.717) is 11.8 Å². The Labute approximate surface area is 112 Å². The Bertz CT molecular complexity index is 542. The van der Waals surface area contributed by atoms with Crippen LogP contribution in [0.5, 0.6) is 5.75 Å². The first kappa shape index (κ1) is 13.0. The molecule has 2 aromatic rings. The summed E-state index contributed by atoms with van der Waals surface area (Å²) in [6.45, 7) is 4.23. The van der Waals surface area contributed by atoms with Crippen molar-refractivity contribution in [2.45, 2.75) is 19.9 Å². The zero-order chi connectivity index (χ0) is 13.1. The Hall–Kier alpha value is -1.48. The van der Waals surface area contributed by atoms with E-state index in [2.05, 4.69) is 24.1 Å². The monoisotopic (exact) mass is 264 g/mol. The fraction of sp³-hybridized carbons (Fsp3) is 0.357. The molecule has 3 nitrogen and oxygen atoms in total. The number of pyridine rings is 1. The van der Waals surface area contributed by atoms with E-state index in [9.17, 15) is 5.11 Å². The van der Waals surface area contributed by atoms with Gasteiger partial charge in [-0.25, -0.2) is 4.98 Å². The number of phenolic OH excluding ortho intramolecular Hbond substituents is 1. The van der Waals surface area contributed by atoms with Crippen molar-refractivity contribution < 1.29 is 5.11 Å². The molecule has 0 radical (unpaired) electrons. The lowest BCUT2D eigenvalue weighted by molar-refractivity contribution is 0.476. The number of fused-ring (bicyclic) bond motifs is 1. The number of nitrogens with zero attached hydrogens (tertiary/aromatic N) is 1. The molecule has 1 atom stereocenters. The summed E-state index contributed by atoms with van der Waals surface area (Å²) in [5.41, 5.74) is 0. The number of rotatable bonds is 4. The average molecular weight is 265 g/mol. The molecule has 1 aromatic carbocycles. The van der Waals surface area contributed by atoms with Crippen molar-refractivity contribution in [1.82, 2.24) is 4.98 Å². The highest BCUT2D eigenvalue weighted by atomic mass is 35.5. The molecule has 18 heavy (non-hydrogen) atoms. The van der Waals surface area contributed by atoms with Gasteiger partial charge in [-0.1, -0.05) is 19.9 Å². The first-order valence-electron chi connectivity index (χ1n) is 6.02. The minimum absolute atomic E-state index is 0.159. The molecule has 0 saturated carbocycles. The first-order valence-corrected chi connectivity index (χ1v) is 6.55. The molecule has 1 aromatic heterocycles. The third-order valence-corrected chi connectivity index (χ3v) is 3.38. The number of aromatic hydroxyl groups is 1. The lowest BCUT2D eigenvalue weighted by Crippen LogP contribution is -2.27. The number of hydrogen-bond acceptors (Lipinski definition) is 3. The van der Waals surface area contributed by atoms with Crippen LogP contribution in [0.3, 0.4) is 0 Å². The largest absolute Gasteiger partial charge is 0.508 e. The van der Waals surface area contributed by atoms with Crippen LogP contribution in [0.2, 0.25) is 0 Å². The van der Waals surface area contributed by atoms with Gasteiger partial charge in [-0.15, -0.1) is 11.6 Å². The number of phenols is 1. The molecule has 96 valence electrons. The van der Waals surface area contributed by atoms with Gasteiger partial charge < -0.3 is 10.4 Å². The van der Waals surface area contributed by atoms with E-state index in [0.717, 1.165) is 16.6 Å². The van der Waals surface area contributed by atoms with Gasteiger partial charge >= 0.3 is 0 Å².